The number of nitrogens with one attached hydrogen (secondary N) is 1. The molecule has 7 heteroatoms. The van der Waals surface area contributed by atoms with Gasteiger partial charge in [0.05, 0.1) is 22.4 Å². The fourth-order valence-corrected chi connectivity index (χ4v) is 5.09. The Morgan fingerprint density at radius 3 is 2.68 bits per heavy atom. The first-order valence-corrected chi connectivity index (χ1v) is 10.9. The standard InChI is InChI=1S/C21H24N2O4S/c1-26-16-6-4-7-17(14-16)28(24,25)20-15-22-21-18(20)8-5-9-19(21)27-13-12-23-10-2-3-11-23/h4-9,14-15,22H,2-3,10-13H2,1H3. The van der Waals surface area contributed by atoms with Crippen molar-refractivity contribution in [1.29, 1.82) is 0 Å². The van der Waals surface area contributed by atoms with Crippen molar-refractivity contribution in [3.05, 3.63) is 48.7 Å². The molecule has 1 N–H and O–H groups in total. The molecule has 1 fully saturated rings. The number of hydrogen-bond donors (Lipinski definition) is 1. The number of nitrogens with zero attached hydrogens (tertiary/aromatic N) is 1. The predicted octanol–water partition coefficient (Wildman–Crippen LogP) is 3.48. The van der Waals surface area contributed by atoms with Crippen molar-refractivity contribution in [2.45, 2.75) is 22.6 Å². The lowest BCUT2D eigenvalue weighted by molar-refractivity contribution is 0.239. The number of para-hydroxylation sites is 1. The molecule has 6 nitrogen and oxygen atoms in total. The fourth-order valence-electron chi connectivity index (χ4n) is 3.63. The van der Waals surface area contributed by atoms with Crippen LogP contribution in [-0.2, 0) is 9.84 Å². The summed E-state index contributed by atoms with van der Waals surface area (Å²) in [6.07, 6.45) is 4.03. The Morgan fingerprint density at radius 1 is 1.11 bits per heavy atom. The second-order valence-electron chi connectivity index (χ2n) is 6.91. The fraction of sp³-hybridized carbons (Fsp3) is 0.333. The molecule has 0 atom stereocenters. The zero-order valence-electron chi connectivity index (χ0n) is 15.8. The lowest BCUT2D eigenvalue weighted by atomic mass is 10.2. The summed E-state index contributed by atoms with van der Waals surface area (Å²) in [5.41, 5.74) is 0.699. The van der Waals surface area contributed by atoms with E-state index in [0.29, 0.717) is 29.0 Å². The van der Waals surface area contributed by atoms with Crippen LogP contribution in [0.2, 0.25) is 0 Å². The van der Waals surface area contributed by atoms with Gasteiger partial charge in [0.1, 0.15) is 18.1 Å². The van der Waals surface area contributed by atoms with E-state index >= 15 is 0 Å². The summed E-state index contributed by atoms with van der Waals surface area (Å²) in [7, 11) is -2.16. The van der Waals surface area contributed by atoms with Crippen LogP contribution in [0.3, 0.4) is 0 Å². The van der Waals surface area contributed by atoms with Crippen LogP contribution in [0.25, 0.3) is 10.9 Å². The van der Waals surface area contributed by atoms with Crippen molar-refractivity contribution >= 4 is 20.7 Å². The maximum absolute atomic E-state index is 13.2. The number of sulfone groups is 1. The minimum absolute atomic E-state index is 0.202. The molecule has 4 rings (SSSR count). The molecular weight excluding hydrogens is 376 g/mol. The van der Waals surface area contributed by atoms with Gasteiger partial charge in [0, 0.05) is 18.1 Å². The lowest BCUT2D eigenvalue weighted by Crippen LogP contribution is -2.25. The normalized spacial score (nSPS) is 15.2. The van der Waals surface area contributed by atoms with E-state index in [0.717, 1.165) is 19.6 Å². The number of ether oxygens (including phenoxy) is 2. The maximum Gasteiger partial charge on any atom is 0.208 e. The number of aromatic nitrogens is 1. The van der Waals surface area contributed by atoms with E-state index in [4.69, 9.17) is 9.47 Å². The van der Waals surface area contributed by atoms with Crippen molar-refractivity contribution < 1.29 is 17.9 Å². The number of hydrogen-bond acceptors (Lipinski definition) is 5. The van der Waals surface area contributed by atoms with Crippen molar-refractivity contribution in [3.63, 3.8) is 0 Å². The molecule has 1 aromatic heterocycles. The highest BCUT2D eigenvalue weighted by atomic mass is 32.2. The van der Waals surface area contributed by atoms with Gasteiger partial charge in [0.15, 0.2) is 0 Å². The molecule has 2 aromatic carbocycles. The first-order chi connectivity index (χ1) is 13.6. The third kappa shape index (κ3) is 3.59. The van der Waals surface area contributed by atoms with Crippen LogP contribution in [0.15, 0.2) is 58.5 Å². The monoisotopic (exact) mass is 400 g/mol. The first-order valence-electron chi connectivity index (χ1n) is 9.44. The summed E-state index contributed by atoms with van der Waals surface area (Å²) in [6, 6.07) is 12.0. The summed E-state index contributed by atoms with van der Waals surface area (Å²) >= 11 is 0. The molecule has 1 aliphatic heterocycles. The molecule has 3 aromatic rings. The zero-order valence-corrected chi connectivity index (χ0v) is 16.7. The van der Waals surface area contributed by atoms with Gasteiger partial charge in [-0.2, -0.15) is 0 Å². The first kappa shape index (κ1) is 18.8. The molecule has 0 radical (unpaired) electrons. The van der Waals surface area contributed by atoms with Gasteiger partial charge in [-0.15, -0.1) is 0 Å². The Kier molecular flexibility index (Phi) is 5.28. The van der Waals surface area contributed by atoms with E-state index in [1.165, 1.54) is 32.2 Å². The smallest absolute Gasteiger partial charge is 0.208 e. The highest BCUT2D eigenvalue weighted by Gasteiger charge is 2.23. The average Bonchev–Trinajstić information content (AvgIpc) is 3.38. The molecule has 1 saturated heterocycles. The molecule has 28 heavy (non-hydrogen) atoms. The average molecular weight is 401 g/mol. The minimum atomic E-state index is -3.68. The molecule has 0 saturated carbocycles. The molecule has 0 amide bonds. The SMILES string of the molecule is COc1cccc(S(=O)(=O)c2c[nH]c3c(OCCN4CCCC4)cccc23)c1. The Bertz CT molecular complexity index is 1070. The van der Waals surface area contributed by atoms with Crippen molar-refractivity contribution in [1.82, 2.24) is 9.88 Å². The molecule has 148 valence electrons. The van der Waals surface area contributed by atoms with Gasteiger partial charge in [0.2, 0.25) is 9.84 Å². The van der Waals surface area contributed by atoms with Gasteiger partial charge < -0.3 is 14.5 Å². The van der Waals surface area contributed by atoms with Crippen LogP contribution >= 0.6 is 0 Å². The van der Waals surface area contributed by atoms with E-state index in [9.17, 15) is 8.42 Å². The van der Waals surface area contributed by atoms with Crippen LogP contribution in [0, 0.1) is 0 Å². The Morgan fingerprint density at radius 2 is 1.89 bits per heavy atom. The zero-order chi connectivity index (χ0) is 19.6. The number of H-pyrrole nitrogens is 1. The van der Waals surface area contributed by atoms with E-state index < -0.39 is 9.84 Å². The summed E-state index contributed by atoms with van der Waals surface area (Å²) < 4.78 is 37.4. The largest absolute Gasteiger partial charge is 0.497 e. The maximum atomic E-state index is 13.2. The topological polar surface area (TPSA) is 71.6 Å². The highest BCUT2D eigenvalue weighted by molar-refractivity contribution is 7.91. The molecule has 2 heterocycles. The van der Waals surface area contributed by atoms with Crippen LogP contribution in [0.5, 0.6) is 11.5 Å². The molecule has 0 bridgehead atoms. The Balaban J connectivity index is 1.61. The van der Waals surface area contributed by atoms with Gasteiger partial charge in [-0.05, 0) is 50.2 Å². The predicted molar refractivity (Wildman–Crippen MR) is 108 cm³/mol. The van der Waals surface area contributed by atoms with E-state index in [-0.39, 0.29) is 9.79 Å². The summed E-state index contributed by atoms with van der Waals surface area (Å²) in [4.78, 5) is 5.91. The third-order valence-corrected chi connectivity index (χ3v) is 6.94. The van der Waals surface area contributed by atoms with Crippen molar-refractivity contribution in [3.8, 4) is 11.5 Å². The minimum Gasteiger partial charge on any atom is -0.497 e. The van der Waals surface area contributed by atoms with Crippen LogP contribution in [-0.4, -0.2) is 51.7 Å². The number of likely N-dealkylation sites (tertiary alicyclic amines) is 1. The number of fused-ring (bicyclic) bond motifs is 1. The van der Waals surface area contributed by atoms with Gasteiger partial charge in [-0.3, -0.25) is 4.90 Å². The van der Waals surface area contributed by atoms with E-state index in [1.54, 1.807) is 24.3 Å². The Labute approximate surface area is 165 Å². The number of methoxy groups -OCH3 is 1. The quantitative estimate of drug-likeness (QED) is 0.657. The van der Waals surface area contributed by atoms with Gasteiger partial charge in [-0.25, -0.2) is 8.42 Å². The number of aromatic amines is 1. The summed E-state index contributed by atoms with van der Waals surface area (Å²) in [5, 5.41) is 0.626. The molecule has 0 aliphatic carbocycles. The molecule has 0 unspecified atom stereocenters. The van der Waals surface area contributed by atoms with Crippen molar-refractivity contribution in [2.75, 3.05) is 33.4 Å². The molecular formula is C21H24N2O4S. The van der Waals surface area contributed by atoms with Crippen LogP contribution < -0.4 is 9.47 Å². The van der Waals surface area contributed by atoms with Gasteiger partial charge in [0.25, 0.3) is 0 Å². The molecule has 0 spiro atoms. The van der Waals surface area contributed by atoms with Crippen molar-refractivity contribution in [2.24, 2.45) is 0 Å². The van der Waals surface area contributed by atoms with Crippen LogP contribution in [0.1, 0.15) is 12.8 Å². The number of benzene rings is 2. The molecule has 1 aliphatic rings. The summed E-state index contributed by atoms with van der Waals surface area (Å²) in [6.45, 7) is 3.71. The van der Waals surface area contributed by atoms with Gasteiger partial charge in [-0.1, -0.05) is 18.2 Å². The lowest BCUT2D eigenvalue weighted by Gasteiger charge is -2.15. The Hall–Kier alpha value is -2.51. The second-order valence-corrected chi connectivity index (χ2v) is 8.83. The van der Waals surface area contributed by atoms with E-state index in [2.05, 4.69) is 9.88 Å². The van der Waals surface area contributed by atoms with E-state index in [1.807, 2.05) is 12.1 Å². The third-order valence-electron chi connectivity index (χ3n) is 5.14. The van der Waals surface area contributed by atoms with Gasteiger partial charge >= 0.3 is 0 Å². The second kappa shape index (κ2) is 7.85. The summed E-state index contributed by atoms with van der Waals surface area (Å²) in [5.74, 6) is 1.18. The van der Waals surface area contributed by atoms with Crippen LogP contribution in [0.4, 0.5) is 0 Å². The highest BCUT2D eigenvalue weighted by Crippen LogP contribution is 2.33. The number of rotatable bonds is 7.